The van der Waals surface area contributed by atoms with Crippen molar-refractivity contribution in [2.75, 3.05) is 5.73 Å². The van der Waals surface area contributed by atoms with E-state index in [0.717, 1.165) is 23.0 Å². The first-order valence-corrected chi connectivity index (χ1v) is 13.1. The molecule has 0 saturated carbocycles. The minimum absolute atomic E-state index is 0.312. The van der Waals surface area contributed by atoms with E-state index >= 15 is 0 Å². The molecule has 0 aliphatic carbocycles. The van der Waals surface area contributed by atoms with Crippen molar-refractivity contribution in [3.05, 3.63) is 87.9 Å². The molecule has 0 bridgehead atoms. The molecule has 7 nitrogen and oxygen atoms in total. The molecular weight excluding hydrogens is 526 g/mol. The summed E-state index contributed by atoms with van der Waals surface area (Å²) in [5.74, 6) is 1.87. The molecule has 3 atom stereocenters. The number of hydrogen-bond donors (Lipinski definition) is 1. The quantitative estimate of drug-likeness (QED) is 0.264. The summed E-state index contributed by atoms with van der Waals surface area (Å²) < 4.78 is 14.7. The van der Waals surface area contributed by atoms with Crippen molar-refractivity contribution < 1.29 is 9.47 Å². The lowest BCUT2D eigenvalue weighted by Crippen LogP contribution is -2.19. The lowest BCUT2D eigenvalue weighted by atomic mass is 9.85. The zero-order chi connectivity index (χ0) is 24.4. The van der Waals surface area contributed by atoms with Gasteiger partial charge in [0.05, 0.1) is 6.33 Å². The van der Waals surface area contributed by atoms with Crippen LogP contribution in [0.25, 0.3) is 11.5 Å². The van der Waals surface area contributed by atoms with Crippen molar-refractivity contribution in [3.8, 4) is 11.5 Å². The molecular formula is C26H26BrN5O2S. The van der Waals surface area contributed by atoms with Gasteiger partial charge in [-0.2, -0.15) is 0 Å². The van der Waals surface area contributed by atoms with E-state index in [1.165, 1.54) is 17.3 Å². The van der Waals surface area contributed by atoms with Crippen molar-refractivity contribution in [2.45, 2.75) is 44.2 Å². The van der Waals surface area contributed by atoms with Crippen LogP contribution in [0.4, 0.5) is 5.82 Å². The predicted octanol–water partition coefficient (Wildman–Crippen LogP) is 6.59. The van der Waals surface area contributed by atoms with Crippen LogP contribution in [-0.2, 0) is 16.0 Å². The van der Waals surface area contributed by atoms with Gasteiger partial charge in [0.2, 0.25) is 5.09 Å². The summed E-state index contributed by atoms with van der Waals surface area (Å²) in [5.41, 5.74) is 8.98. The second-order valence-electron chi connectivity index (χ2n) is 8.51. The molecule has 3 heterocycles. The number of rotatable bonds is 8. The summed E-state index contributed by atoms with van der Waals surface area (Å²) in [6, 6.07) is 18.4. The van der Waals surface area contributed by atoms with E-state index < -0.39 is 6.29 Å². The van der Waals surface area contributed by atoms with Crippen molar-refractivity contribution in [1.29, 1.82) is 0 Å². The Hall–Kier alpha value is -3.04. The normalized spacial score (nSPS) is 17.0. The number of halogens is 1. The van der Waals surface area contributed by atoms with Gasteiger partial charge < -0.3 is 19.8 Å². The SMILES string of the molecule is CCC(C)C(Cn1cnc(N)c2nc(SC3=COC(c4ccccc4Br)O3)nc1-2)c1ccccc1. The van der Waals surface area contributed by atoms with Gasteiger partial charge in [0.15, 0.2) is 22.5 Å². The molecule has 3 aliphatic rings. The lowest BCUT2D eigenvalue weighted by molar-refractivity contribution is -0.0278. The van der Waals surface area contributed by atoms with Gasteiger partial charge in [-0.05, 0) is 29.3 Å². The number of fused-ring (bicyclic) bond motifs is 1. The van der Waals surface area contributed by atoms with Gasteiger partial charge in [-0.1, -0.05) is 84.7 Å². The number of aromatic nitrogens is 4. The topological polar surface area (TPSA) is 88.1 Å². The highest BCUT2D eigenvalue weighted by Gasteiger charge is 2.28. The van der Waals surface area contributed by atoms with E-state index in [1.807, 2.05) is 30.3 Å². The molecule has 0 fully saturated rings. The molecule has 2 aromatic carbocycles. The molecule has 0 saturated heterocycles. The Balaban J connectivity index is 1.38. The Morgan fingerprint density at radius 3 is 2.66 bits per heavy atom. The fraction of sp³-hybridized carbons (Fsp3) is 0.269. The number of anilines is 1. The summed E-state index contributed by atoms with van der Waals surface area (Å²) in [7, 11) is 0. The first kappa shape index (κ1) is 23.7. The van der Waals surface area contributed by atoms with Crippen LogP contribution in [0, 0.1) is 5.92 Å². The average Bonchev–Trinajstić information content (AvgIpc) is 3.52. The third-order valence-corrected chi connectivity index (χ3v) is 7.77. The van der Waals surface area contributed by atoms with Gasteiger partial charge in [-0.3, -0.25) is 0 Å². The third kappa shape index (κ3) is 5.01. The fourth-order valence-electron chi connectivity index (χ4n) is 4.14. The monoisotopic (exact) mass is 551 g/mol. The Morgan fingerprint density at radius 1 is 1.11 bits per heavy atom. The first-order valence-electron chi connectivity index (χ1n) is 11.5. The Kier molecular flexibility index (Phi) is 6.97. The van der Waals surface area contributed by atoms with Gasteiger partial charge in [0.1, 0.15) is 6.26 Å². The van der Waals surface area contributed by atoms with Crippen molar-refractivity contribution in [3.63, 3.8) is 0 Å². The summed E-state index contributed by atoms with van der Waals surface area (Å²) in [4.78, 5) is 13.8. The van der Waals surface area contributed by atoms with E-state index in [0.29, 0.717) is 39.4 Å². The number of benzene rings is 2. The van der Waals surface area contributed by atoms with Gasteiger partial charge in [0.25, 0.3) is 6.29 Å². The molecule has 2 N–H and O–H groups in total. The van der Waals surface area contributed by atoms with Crippen LogP contribution in [0.15, 0.2) is 81.9 Å². The predicted molar refractivity (Wildman–Crippen MR) is 140 cm³/mol. The molecule has 5 rings (SSSR count). The maximum Gasteiger partial charge on any atom is 0.268 e. The number of ether oxygens (including phenoxy) is 2. The van der Waals surface area contributed by atoms with E-state index in [1.54, 1.807) is 12.6 Å². The second-order valence-corrected chi connectivity index (χ2v) is 10.3. The van der Waals surface area contributed by atoms with E-state index in [9.17, 15) is 0 Å². The first-order chi connectivity index (χ1) is 17.0. The molecule has 3 aliphatic heterocycles. The maximum atomic E-state index is 6.18. The zero-order valence-electron chi connectivity index (χ0n) is 19.5. The van der Waals surface area contributed by atoms with Crippen LogP contribution >= 0.6 is 27.7 Å². The summed E-state index contributed by atoms with van der Waals surface area (Å²) >= 11 is 4.85. The zero-order valence-corrected chi connectivity index (χ0v) is 21.9. The Bertz CT molecular complexity index is 1310. The van der Waals surface area contributed by atoms with Crippen LogP contribution in [0.2, 0.25) is 0 Å². The molecule has 2 aromatic rings. The van der Waals surface area contributed by atoms with Crippen molar-refractivity contribution >= 4 is 33.5 Å². The Labute approximate surface area is 217 Å². The maximum absolute atomic E-state index is 6.18. The number of nitrogens with zero attached hydrogens (tertiary/aromatic N) is 4. The average molecular weight is 552 g/mol. The van der Waals surface area contributed by atoms with Crippen LogP contribution in [0.5, 0.6) is 0 Å². The van der Waals surface area contributed by atoms with Crippen LogP contribution < -0.4 is 5.73 Å². The molecule has 3 unspecified atom stereocenters. The Morgan fingerprint density at radius 2 is 1.89 bits per heavy atom. The van der Waals surface area contributed by atoms with E-state index in [4.69, 9.17) is 20.2 Å². The molecule has 0 aromatic heterocycles. The number of imidazole rings is 1. The van der Waals surface area contributed by atoms with E-state index in [-0.39, 0.29) is 0 Å². The highest BCUT2D eigenvalue weighted by molar-refractivity contribution is 9.10. The van der Waals surface area contributed by atoms with Gasteiger partial charge in [0, 0.05) is 22.5 Å². The molecule has 180 valence electrons. The summed E-state index contributed by atoms with van der Waals surface area (Å²) in [5, 5.41) is 1.12. The minimum atomic E-state index is -0.517. The molecule has 0 amide bonds. The third-order valence-electron chi connectivity index (χ3n) is 6.29. The number of nitrogens with two attached hydrogens (primary N) is 1. The highest BCUT2D eigenvalue weighted by Crippen LogP contribution is 2.40. The lowest BCUT2D eigenvalue weighted by Gasteiger charge is -2.25. The molecule has 35 heavy (non-hydrogen) atoms. The van der Waals surface area contributed by atoms with Crippen LogP contribution in [0.3, 0.4) is 0 Å². The standard InChI is InChI=1S/C26H26BrN5O2S/c1-3-16(2)19(17-9-5-4-6-10-17)13-32-15-29-23(28)22-24(32)31-26(30-22)35-21-14-33-25(34-21)18-11-7-8-12-20(18)27/h4-12,14-16,19,25H,3,13,28H2,1-2H3. The second kappa shape index (κ2) is 10.3. The van der Waals surface area contributed by atoms with Crippen molar-refractivity contribution in [1.82, 2.24) is 19.5 Å². The van der Waals surface area contributed by atoms with Gasteiger partial charge in [-0.15, -0.1) is 0 Å². The largest absolute Gasteiger partial charge is 0.454 e. The smallest absolute Gasteiger partial charge is 0.268 e. The summed E-state index contributed by atoms with van der Waals surface area (Å²) in [6.45, 7) is 5.24. The highest BCUT2D eigenvalue weighted by atomic mass is 79.9. The number of nitrogen functional groups attached to an aromatic ring is 1. The molecule has 0 radical (unpaired) electrons. The van der Waals surface area contributed by atoms with Gasteiger partial charge in [-0.25, -0.2) is 15.0 Å². The van der Waals surface area contributed by atoms with Crippen LogP contribution in [-0.4, -0.2) is 19.5 Å². The fourth-order valence-corrected chi connectivity index (χ4v) is 5.30. The number of hydrogen-bond acceptors (Lipinski definition) is 7. The molecule has 9 heteroatoms. The van der Waals surface area contributed by atoms with Gasteiger partial charge >= 0.3 is 0 Å². The summed E-state index contributed by atoms with van der Waals surface area (Å²) in [6.07, 6.45) is 3.91. The molecule has 0 spiro atoms. The number of thioether (sulfide) groups is 1. The van der Waals surface area contributed by atoms with E-state index in [2.05, 4.69) is 68.6 Å². The minimum Gasteiger partial charge on any atom is -0.454 e. The van der Waals surface area contributed by atoms with Crippen molar-refractivity contribution in [2.24, 2.45) is 5.92 Å². The van der Waals surface area contributed by atoms with Crippen LogP contribution in [0.1, 0.15) is 43.6 Å².